The van der Waals surface area contributed by atoms with E-state index in [2.05, 4.69) is 18.5 Å². The second-order valence-electron chi connectivity index (χ2n) is 6.55. The quantitative estimate of drug-likeness (QED) is 0.644. The van der Waals surface area contributed by atoms with E-state index >= 15 is 0 Å². The molecule has 146 valence electrons. The van der Waals surface area contributed by atoms with Crippen molar-refractivity contribution in [1.29, 1.82) is 0 Å². The Kier molecular flexibility index (Phi) is 8.18. The van der Waals surface area contributed by atoms with E-state index in [9.17, 15) is 9.59 Å². The summed E-state index contributed by atoms with van der Waals surface area (Å²) in [4.78, 5) is 28.6. The molecule has 2 aromatic carbocycles. The summed E-state index contributed by atoms with van der Waals surface area (Å²) in [6.07, 6.45) is 3.50. The number of nitrogens with one attached hydrogen (secondary N) is 1. The van der Waals surface area contributed by atoms with Gasteiger partial charge in [-0.25, -0.2) is 0 Å². The Hall–Kier alpha value is -3.18. The first-order valence-corrected chi connectivity index (χ1v) is 9.17. The number of benzene rings is 2. The monoisotopic (exact) mass is 377 g/mol. The van der Waals surface area contributed by atoms with Crippen molar-refractivity contribution in [2.24, 2.45) is 0 Å². The minimum Gasteiger partial charge on any atom is -0.337 e. The number of rotatable bonds is 10. The third-order valence-electron chi connectivity index (χ3n) is 4.14. The molecule has 0 aliphatic heterocycles. The summed E-state index contributed by atoms with van der Waals surface area (Å²) in [5.41, 5.74) is 2.19. The highest BCUT2D eigenvalue weighted by Crippen LogP contribution is 2.14. The molecule has 0 spiro atoms. The van der Waals surface area contributed by atoms with Crippen LogP contribution < -0.4 is 5.32 Å². The number of hydrogen-bond acceptors (Lipinski definition) is 3. The summed E-state index contributed by atoms with van der Waals surface area (Å²) in [6, 6.07) is 16.8. The van der Waals surface area contributed by atoms with Crippen molar-refractivity contribution in [3.8, 4) is 0 Å². The molecule has 2 amide bonds. The van der Waals surface area contributed by atoms with Gasteiger partial charge in [0.05, 0.1) is 6.54 Å². The van der Waals surface area contributed by atoms with Gasteiger partial charge in [-0.15, -0.1) is 13.2 Å². The predicted octanol–water partition coefficient (Wildman–Crippen LogP) is 3.57. The SMILES string of the molecule is C=CCN(CC=C)CC(=O)Nc1cccc(C(=O)N(C)Cc2ccccc2)c1. The molecule has 2 rings (SSSR count). The minimum absolute atomic E-state index is 0.0973. The highest BCUT2D eigenvalue weighted by Gasteiger charge is 2.14. The van der Waals surface area contributed by atoms with Crippen LogP contribution in [0.5, 0.6) is 0 Å². The average molecular weight is 377 g/mol. The Morgan fingerprint density at radius 2 is 1.68 bits per heavy atom. The smallest absolute Gasteiger partial charge is 0.253 e. The number of carbonyl (C=O) groups is 2. The van der Waals surface area contributed by atoms with Gasteiger partial charge in [-0.3, -0.25) is 14.5 Å². The van der Waals surface area contributed by atoms with Gasteiger partial charge in [0, 0.05) is 37.9 Å². The van der Waals surface area contributed by atoms with Gasteiger partial charge in [-0.1, -0.05) is 48.6 Å². The van der Waals surface area contributed by atoms with Gasteiger partial charge in [0.2, 0.25) is 5.91 Å². The molecule has 0 saturated heterocycles. The van der Waals surface area contributed by atoms with E-state index in [1.807, 2.05) is 35.2 Å². The summed E-state index contributed by atoms with van der Waals surface area (Å²) in [5, 5.41) is 2.85. The molecule has 0 radical (unpaired) electrons. The Morgan fingerprint density at radius 1 is 1.00 bits per heavy atom. The van der Waals surface area contributed by atoms with E-state index in [0.717, 1.165) is 5.56 Å². The molecule has 0 fully saturated rings. The Morgan fingerprint density at radius 3 is 2.32 bits per heavy atom. The standard InChI is InChI=1S/C23H27N3O2/c1-4-14-26(15-5-2)18-22(27)24-21-13-9-12-20(16-21)23(28)25(3)17-19-10-7-6-8-11-19/h4-13,16H,1-2,14-15,17-18H2,3H3,(H,24,27). The molecule has 0 bridgehead atoms. The summed E-state index contributed by atoms with van der Waals surface area (Å²) in [5.74, 6) is -0.245. The predicted molar refractivity (Wildman–Crippen MR) is 114 cm³/mol. The van der Waals surface area contributed by atoms with Gasteiger partial charge in [0.15, 0.2) is 0 Å². The highest BCUT2D eigenvalue weighted by molar-refractivity contribution is 5.97. The molecule has 0 aliphatic rings. The fourth-order valence-corrected chi connectivity index (χ4v) is 2.85. The number of nitrogens with zero attached hydrogens (tertiary/aromatic N) is 2. The fourth-order valence-electron chi connectivity index (χ4n) is 2.85. The molecule has 0 aliphatic carbocycles. The van der Waals surface area contributed by atoms with Crippen molar-refractivity contribution >= 4 is 17.5 Å². The molecule has 0 aromatic heterocycles. The van der Waals surface area contributed by atoms with E-state index in [-0.39, 0.29) is 18.4 Å². The largest absolute Gasteiger partial charge is 0.337 e. The van der Waals surface area contributed by atoms with Crippen LogP contribution >= 0.6 is 0 Å². The summed E-state index contributed by atoms with van der Waals surface area (Å²) in [6.45, 7) is 9.35. The summed E-state index contributed by atoms with van der Waals surface area (Å²) in [7, 11) is 1.77. The van der Waals surface area contributed by atoms with Crippen LogP contribution in [0.1, 0.15) is 15.9 Å². The van der Waals surface area contributed by atoms with Crippen LogP contribution in [0.4, 0.5) is 5.69 Å². The molecule has 28 heavy (non-hydrogen) atoms. The summed E-state index contributed by atoms with van der Waals surface area (Å²) >= 11 is 0. The van der Waals surface area contributed by atoms with Crippen LogP contribution in [-0.2, 0) is 11.3 Å². The van der Waals surface area contributed by atoms with Crippen molar-refractivity contribution in [2.45, 2.75) is 6.54 Å². The lowest BCUT2D eigenvalue weighted by Crippen LogP contribution is -2.33. The maximum absolute atomic E-state index is 12.7. The molecule has 1 N–H and O–H groups in total. The zero-order valence-electron chi connectivity index (χ0n) is 16.3. The van der Waals surface area contributed by atoms with E-state index in [4.69, 9.17) is 0 Å². The first-order chi connectivity index (χ1) is 13.5. The molecule has 0 unspecified atom stereocenters. The lowest BCUT2D eigenvalue weighted by molar-refractivity contribution is -0.117. The third kappa shape index (κ3) is 6.52. The van der Waals surface area contributed by atoms with Gasteiger partial charge in [0.25, 0.3) is 5.91 Å². The molecule has 0 saturated carbocycles. The zero-order valence-corrected chi connectivity index (χ0v) is 16.3. The molecule has 5 heteroatoms. The zero-order chi connectivity index (χ0) is 20.4. The first kappa shape index (κ1) is 21.1. The highest BCUT2D eigenvalue weighted by atomic mass is 16.2. The number of carbonyl (C=O) groups excluding carboxylic acids is 2. The van der Waals surface area contributed by atoms with Crippen molar-refractivity contribution < 1.29 is 9.59 Å². The van der Waals surface area contributed by atoms with Gasteiger partial charge < -0.3 is 10.2 Å². The van der Waals surface area contributed by atoms with Crippen LogP contribution in [0.2, 0.25) is 0 Å². The molecule has 0 atom stereocenters. The summed E-state index contributed by atoms with van der Waals surface area (Å²) < 4.78 is 0. The molecule has 2 aromatic rings. The van der Waals surface area contributed by atoms with Gasteiger partial charge in [-0.2, -0.15) is 0 Å². The van der Waals surface area contributed by atoms with Gasteiger partial charge in [-0.05, 0) is 23.8 Å². The average Bonchev–Trinajstić information content (AvgIpc) is 2.68. The van der Waals surface area contributed by atoms with Crippen LogP contribution in [-0.4, -0.2) is 48.3 Å². The molecule has 0 heterocycles. The molecular formula is C23H27N3O2. The van der Waals surface area contributed by atoms with Crippen LogP contribution in [0.25, 0.3) is 0 Å². The van der Waals surface area contributed by atoms with Crippen molar-refractivity contribution in [3.05, 3.63) is 91.0 Å². The van der Waals surface area contributed by atoms with Gasteiger partial charge in [0.1, 0.15) is 0 Å². The first-order valence-electron chi connectivity index (χ1n) is 9.17. The maximum atomic E-state index is 12.7. The number of amides is 2. The second kappa shape index (κ2) is 10.8. The Labute approximate surface area is 167 Å². The van der Waals surface area contributed by atoms with Crippen molar-refractivity contribution in [2.75, 3.05) is 32.0 Å². The van der Waals surface area contributed by atoms with Crippen molar-refractivity contribution in [1.82, 2.24) is 9.80 Å². The lowest BCUT2D eigenvalue weighted by Gasteiger charge is -2.19. The third-order valence-corrected chi connectivity index (χ3v) is 4.14. The van der Waals surface area contributed by atoms with E-state index < -0.39 is 0 Å². The lowest BCUT2D eigenvalue weighted by atomic mass is 10.1. The van der Waals surface area contributed by atoms with Crippen LogP contribution in [0, 0.1) is 0 Å². The van der Waals surface area contributed by atoms with E-state index in [1.165, 1.54) is 0 Å². The Bertz CT molecular complexity index is 808. The minimum atomic E-state index is -0.147. The van der Waals surface area contributed by atoms with Gasteiger partial charge >= 0.3 is 0 Å². The maximum Gasteiger partial charge on any atom is 0.253 e. The number of anilines is 1. The fraction of sp³-hybridized carbons (Fsp3) is 0.217. The van der Waals surface area contributed by atoms with E-state index in [0.29, 0.717) is 30.9 Å². The molecular weight excluding hydrogens is 350 g/mol. The van der Waals surface area contributed by atoms with Crippen LogP contribution in [0.3, 0.4) is 0 Å². The van der Waals surface area contributed by atoms with Crippen molar-refractivity contribution in [3.63, 3.8) is 0 Å². The topological polar surface area (TPSA) is 52.7 Å². The van der Waals surface area contributed by atoms with E-state index in [1.54, 1.807) is 48.4 Å². The second-order valence-corrected chi connectivity index (χ2v) is 6.55. The number of hydrogen-bond donors (Lipinski definition) is 1. The Balaban J connectivity index is 2.00. The molecule has 5 nitrogen and oxygen atoms in total. The van der Waals surface area contributed by atoms with Crippen LogP contribution in [0.15, 0.2) is 79.9 Å². The normalized spacial score (nSPS) is 10.4.